The van der Waals surface area contributed by atoms with Crippen LogP contribution in [0.15, 0.2) is 28.7 Å². The van der Waals surface area contributed by atoms with E-state index in [9.17, 15) is 4.79 Å². The molecule has 21 heavy (non-hydrogen) atoms. The molecular weight excluding hydrogens is 328 g/mol. The van der Waals surface area contributed by atoms with E-state index in [0.29, 0.717) is 12.3 Å². The number of rotatable bonds is 6. The lowest BCUT2D eigenvalue weighted by molar-refractivity contribution is -0.122. The molecule has 1 amide bonds. The van der Waals surface area contributed by atoms with Crippen molar-refractivity contribution in [2.75, 3.05) is 13.1 Å². The standard InChI is InChI=1S/C17H25BrN2O/c1-2-16(14-6-8-15(18)9-7-14)20-17(21)10-5-13-4-3-11-19-12-13/h6-9,13,16,19H,2-5,10-12H2,1H3,(H,20,21). The Kier molecular flexibility index (Phi) is 6.71. The molecule has 0 bridgehead atoms. The van der Waals surface area contributed by atoms with E-state index < -0.39 is 0 Å². The second-order valence-electron chi connectivity index (χ2n) is 5.83. The van der Waals surface area contributed by atoms with Crippen LogP contribution in [0.1, 0.15) is 50.6 Å². The number of hydrogen-bond donors (Lipinski definition) is 2. The summed E-state index contributed by atoms with van der Waals surface area (Å²) in [6.45, 7) is 4.30. The second-order valence-corrected chi connectivity index (χ2v) is 6.75. The van der Waals surface area contributed by atoms with Crippen molar-refractivity contribution in [1.82, 2.24) is 10.6 Å². The minimum absolute atomic E-state index is 0.120. The molecule has 0 aromatic heterocycles. The van der Waals surface area contributed by atoms with Crippen molar-refractivity contribution in [3.8, 4) is 0 Å². The third kappa shape index (κ3) is 5.44. The van der Waals surface area contributed by atoms with Crippen LogP contribution < -0.4 is 10.6 Å². The summed E-state index contributed by atoms with van der Waals surface area (Å²) in [6, 6.07) is 8.32. The van der Waals surface area contributed by atoms with E-state index in [2.05, 4.69) is 45.6 Å². The average Bonchev–Trinajstić information content (AvgIpc) is 2.52. The predicted molar refractivity (Wildman–Crippen MR) is 90.1 cm³/mol. The Bertz CT molecular complexity index is 441. The van der Waals surface area contributed by atoms with Gasteiger partial charge >= 0.3 is 0 Å². The molecule has 1 aromatic rings. The first kappa shape index (κ1) is 16.5. The largest absolute Gasteiger partial charge is 0.349 e. The van der Waals surface area contributed by atoms with Crippen molar-refractivity contribution in [1.29, 1.82) is 0 Å². The van der Waals surface area contributed by atoms with E-state index in [1.807, 2.05) is 12.1 Å². The fourth-order valence-electron chi connectivity index (χ4n) is 2.89. The maximum atomic E-state index is 12.2. The molecule has 0 radical (unpaired) electrons. The van der Waals surface area contributed by atoms with E-state index in [0.717, 1.165) is 30.4 Å². The molecule has 0 aliphatic carbocycles. The van der Waals surface area contributed by atoms with Gasteiger partial charge in [0.05, 0.1) is 6.04 Å². The number of benzene rings is 1. The van der Waals surface area contributed by atoms with Crippen molar-refractivity contribution < 1.29 is 4.79 Å². The first-order chi connectivity index (χ1) is 10.2. The van der Waals surface area contributed by atoms with Crippen LogP contribution in [0.5, 0.6) is 0 Å². The molecule has 1 fully saturated rings. The highest BCUT2D eigenvalue weighted by Gasteiger charge is 2.16. The quantitative estimate of drug-likeness (QED) is 0.817. The van der Waals surface area contributed by atoms with Crippen LogP contribution in [-0.4, -0.2) is 19.0 Å². The summed E-state index contributed by atoms with van der Waals surface area (Å²) in [4.78, 5) is 12.2. The van der Waals surface area contributed by atoms with Gasteiger partial charge in [-0.05, 0) is 62.4 Å². The van der Waals surface area contributed by atoms with Gasteiger partial charge in [-0.3, -0.25) is 4.79 Å². The van der Waals surface area contributed by atoms with Gasteiger partial charge in [0.1, 0.15) is 0 Å². The lowest BCUT2D eigenvalue weighted by Crippen LogP contribution is -2.32. The summed E-state index contributed by atoms with van der Waals surface area (Å²) in [5.41, 5.74) is 1.17. The summed E-state index contributed by atoms with van der Waals surface area (Å²) in [5, 5.41) is 6.57. The lowest BCUT2D eigenvalue weighted by Gasteiger charge is -2.23. The van der Waals surface area contributed by atoms with Crippen molar-refractivity contribution in [3.63, 3.8) is 0 Å². The summed E-state index contributed by atoms with van der Waals surface area (Å²) in [5.74, 6) is 0.840. The average molecular weight is 353 g/mol. The Morgan fingerprint density at radius 3 is 2.81 bits per heavy atom. The summed E-state index contributed by atoms with van der Waals surface area (Å²) in [6.07, 6.45) is 5.04. The molecule has 0 spiro atoms. The van der Waals surface area contributed by atoms with Crippen LogP contribution >= 0.6 is 15.9 Å². The molecule has 2 atom stereocenters. The number of carbonyl (C=O) groups is 1. The van der Waals surface area contributed by atoms with Crippen molar-refractivity contribution >= 4 is 21.8 Å². The Morgan fingerprint density at radius 1 is 1.43 bits per heavy atom. The molecule has 3 nitrogen and oxygen atoms in total. The van der Waals surface area contributed by atoms with Crippen molar-refractivity contribution in [2.45, 2.75) is 45.1 Å². The topological polar surface area (TPSA) is 41.1 Å². The summed E-state index contributed by atoms with van der Waals surface area (Å²) < 4.78 is 1.07. The number of amides is 1. The monoisotopic (exact) mass is 352 g/mol. The zero-order chi connectivity index (χ0) is 15.1. The maximum absolute atomic E-state index is 12.2. The Balaban J connectivity index is 1.80. The molecule has 2 rings (SSSR count). The van der Waals surface area contributed by atoms with Gasteiger partial charge in [-0.1, -0.05) is 35.0 Å². The predicted octanol–water partition coefficient (Wildman–Crippen LogP) is 3.80. The van der Waals surface area contributed by atoms with Crippen LogP contribution in [0, 0.1) is 5.92 Å². The number of hydrogen-bond acceptors (Lipinski definition) is 2. The molecule has 1 aromatic carbocycles. The highest BCUT2D eigenvalue weighted by molar-refractivity contribution is 9.10. The molecule has 1 heterocycles. The Morgan fingerprint density at radius 2 is 2.19 bits per heavy atom. The van der Waals surface area contributed by atoms with Crippen LogP contribution in [0.25, 0.3) is 0 Å². The maximum Gasteiger partial charge on any atom is 0.220 e. The van der Waals surface area contributed by atoms with Crippen LogP contribution in [0.3, 0.4) is 0 Å². The Hall–Kier alpha value is -0.870. The van der Waals surface area contributed by atoms with Crippen molar-refractivity contribution in [3.05, 3.63) is 34.3 Å². The number of piperidine rings is 1. The van der Waals surface area contributed by atoms with Gasteiger partial charge in [0.15, 0.2) is 0 Å². The molecule has 1 aliphatic rings. The highest BCUT2D eigenvalue weighted by Crippen LogP contribution is 2.20. The van der Waals surface area contributed by atoms with Gasteiger partial charge in [-0.2, -0.15) is 0 Å². The minimum Gasteiger partial charge on any atom is -0.349 e. The summed E-state index contributed by atoms with van der Waals surface area (Å²) in [7, 11) is 0. The van der Waals surface area contributed by atoms with Crippen molar-refractivity contribution in [2.24, 2.45) is 5.92 Å². The molecule has 4 heteroatoms. The first-order valence-corrected chi connectivity index (χ1v) is 8.74. The molecule has 1 saturated heterocycles. The minimum atomic E-state index is 0.120. The van der Waals surface area contributed by atoms with Gasteiger partial charge in [-0.15, -0.1) is 0 Å². The second kappa shape index (κ2) is 8.54. The van der Waals surface area contributed by atoms with E-state index >= 15 is 0 Å². The van der Waals surface area contributed by atoms with E-state index in [1.54, 1.807) is 0 Å². The number of nitrogens with one attached hydrogen (secondary N) is 2. The number of halogens is 1. The van der Waals surface area contributed by atoms with Gasteiger partial charge in [-0.25, -0.2) is 0 Å². The Labute approximate surface area is 136 Å². The highest BCUT2D eigenvalue weighted by atomic mass is 79.9. The van der Waals surface area contributed by atoms with E-state index in [1.165, 1.54) is 18.4 Å². The molecule has 1 aliphatic heterocycles. The zero-order valence-corrected chi connectivity index (χ0v) is 14.3. The number of carbonyl (C=O) groups excluding carboxylic acids is 1. The first-order valence-electron chi connectivity index (χ1n) is 7.94. The smallest absolute Gasteiger partial charge is 0.220 e. The van der Waals surface area contributed by atoms with Crippen LogP contribution in [0.2, 0.25) is 0 Å². The normalized spacial score (nSPS) is 20.0. The molecular formula is C17H25BrN2O. The zero-order valence-electron chi connectivity index (χ0n) is 12.7. The fraction of sp³-hybridized carbons (Fsp3) is 0.588. The molecule has 2 unspecified atom stereocenters. The third-order valence-electron chi connectivity index (χ3n) is 4.19. The molecule has 116 valence electrons. The van der Waals surface area contributed by atoms with Crippen LogP contribution in [-0.2, 0) is 4.79 Å². The van der Waals surface area contributed by atoms with Gasteiger partial charge in [0.25, 0.3) is 0 Å². The molecule has 0 saturated carbocycles. The third-order valence-corrected chi connectivity index (χ3v) is 4.72. The molecule has 2 N–H and O–H groups in total. The fourth-order valence-corrected chi connectivity index (χ4v) is 3.15. The van der Waals surface area contributed by atoms with Gasteiger partial charge < -0.3 is 10.6 Å². The van der Waals surface area contributed by atoms with Gasteiger partial charge in [0.2, 0.25) is 5.91 Å². The SMILES string of the molecule is CCC(NC(=O)CCC1CCCNC1)c1ccc(Br)cc1. The van der Waals surface area contributed by atoms with Crippen LogP contribution in [0.4, 0.5) is 0 Å². The van der Waals surface area contributed by atoms with Gasteiger partial charge in [0, 0.05) is 10.9 Å². The lowest BCUT2D eigenvalue weighted by atomic mass is 9.94. The van der Waals surface area contributed by atoms with E-state index in [-0.39, 0.29) is 11.9 Å². The van der Waals surface area contributed by atoms with E-state index in [4.69, 9.17) is 0 Å². The summed E-state index contributed by atoms with van der Waals surface area (Å²) >= 11 is 3.44.